The van der Waals surface area contributed by atoms with Gasteiger partial charge in [0.05, 0.1) is 6.42 Å². The quantitative estimate of drug-likeness (QED) is 0.699. The molecule has 0 unspecified atom stereocenters. The number of carboxylic acids is 1. The van der Waals surface area contributed by atoms with Gasteiger partial charge in [0, 0.05) is 12.1 Å². The van der Waals surface area contributed by atoms with E-state index in [2.05, 4.69) is 31.3 Å². The van der Waals surface area contributed by atoms with Gasteiger partial charge in [0.15, 0.2) is 0 Å². The Kier molecular flexibility index (Phi) is 7.39. The van der Waals surface area contributed by atoms with E-state index in [-0.39, 0.29) is 12.3 Å². The lowest BCUT2D eigenvalue weighted by molar-refractivity contribution is -0.137. The molecule has 0 fully saturated rings. The molecule has 26 heavy (non-hydrogen) atoms. The molecule has 138 valence electrons. The van der Waals surface area contributed by atoms with E-state index in [4.69, 9.17) is 5.11 Å². The van der Waals surface area contributed by atoms with Gasteiger partial charge in [0.25, 0.3) is 0 Å². The van der Waals surface area contributed by atoms with Gasteiger partial charge in [-0.25, -0.2) is 0 Å². The van der Waals surface area contributed by atoms with Gasteiger partial charge in [-0.15, -0.1) is 0 Å². The predicted molar refractivity (Wildman–Crippen MR) is 104 cm³/mol. The highest BCUT2D eigenvalue weighted by molar-refractivity contribution is 5.92. The van der Waals surface area contributed by atoms with Crippen molar-refractivity contribution in [3.8, 4) is 0 Å². The second-order valence-corrected chi connectivity index (χ2v) is 7.08. The molecule has 0 atom stereocenters. The third kappa shape index (κ3) is 7.09. The van der Waals surface area contributed by atoms with E-state index in [1.165, 1.54) is 5.56 Å². The van der Waals surface area contributed by atoms with Crippen LogP contribution in [-0.2, 0) is 28.9 Å². The van der Waals surface area contributed by atoms with Gasteiger partial charge in [-0.1, -0.05) is 50.2 Å². The Hall–Kier alpha value is -2.62. The topological polar surface area (TPSA) is 66.4 Å². The van der Waals surface area contributed by atoms with Crippen molar-refractivity contribution in [3.05, 3.63) is 65.2 Å². The second kappa shape index (κ2) is 9.76. The van der Waals surface area contributed by atoms with Crippen LogP contribution in [0.15, 0.2) is 48.5 Å². The lowest BCUT2D eigenvalue weighted by Crippen LogP contribution is -2.14. The smallest absolute Gasteiger partial charge is 0.303 e. The van der Waals surface area contributed by atoms with Gasteiger partial charge in [-0.3, -0.25) is 9.59 Å². The fraction of sp³-hybridized carbons (Fsp3) is 0.364. The molecule has 2 rings (SSSR count). The van der Waals surface area contributed by atoms with Crippen LogP contribution in [-0.4, -0.2) is 17.0 Å². The number of nitrogens with one attached hydrogen (secondary N) is 1. The zero-order valence-electron chi connectivity index (χ0n) is 15.5. The fourth-order valence-corrected chi connectivity index (χ4v) is 2.85. The van der Waals surface area contributed by atoms with Gasteiger partial charge in [-0.2, -0.15) is 0 Å². The van der Waals surface area contributed by atoms with Crippen LogP contribution in [0, 0.1) is 5.92 Å². The molecule has 0 aliphatic heterocycles. The number of aliphatic carboxylic acids is 1. The van der Waals surface area contributed by atoms with Gasteiger partial charge >= 0.3 is 5.97 Å². The lowest BCUT2D eigenvalue weighted by Gasteiger charge is -2.08. The predicted octanol–water partition coefficient (Wildman–Crippen LogP) is 4.47. The molecule has 4 heteroatoms. The maximum Gasteiger partial charge on any atom is 0.303 e. The Balaban J connectivity index is 1.82. The van der Waals surface area contributed by atoms with Gasteiger partial charge in [-0.05, 0) is 54.0 Å². The summed E-state index contributed by atoms with van der Waals surface area (Å²) in [4.78, 5) is 22.7. The van der Waals surface area contributed by atoms with E-state index >= 15 is 0 Å². The molecule has 0 aliphatic carbocycles. The van der Waals surface area contributed by atoms with Crippen molar-refractivity contribution in [2.24, 2.45) is 5.92 Å². The van der Waals surface area contributed by atoms with Crippen molar-refractivity contribution in [3.63, 3.8) is 0 Å². The number of amides is 1. The van der Waals surface area contributed by atoms with E-state index < -0.39 is 5.97 Å². The molecule has 2 N–H and O–H groups in total. The molecule has 0 saturated carbocycles. The summed E-state index contributed by atoms with van der Waals surface area (Å²) >= 11 is 0. The number of anilines is 1. The third-order valence-electron chi connectivity index (χ3n) is 4.13. The molecule has 4 nitrogen and oxygen atoms in total. The molecule has 0 aliphatic rings. The average Bonchev–Trinajstić information content (AvgIpc) is 2.57. The second-order valence-electron chi connectivity index (χ2n) is 7.08. The Labute approximate surface area is 155 Å². The first-order valence-corrected chi connectivity index (χ1v) is 9.11. The highest BCUT2D eigenvalue weighted by Gasteiger charge is 2.06. The van der Waals surface area contributed by atoms with E-state index in [0.717, 1.165) is 29.7 Å². The minimum Gasteiger partial charge on any atom is -0.481 e. The van der Waals surface area contributed by atoms with Crippen LogP contribution >= 0.6 is 0 Å². The zero-order valence-corrected chi connectivity index (χ0v) is 15.5. The first kappa shape index (κ1) is 19.7. The summed E-state index contributed by atoms with van der Waals surface area (Å²) in [6.45, 7) is 4.39. The Morgan fingerprint density at radius 3 is 2.08 bits per heavy atom. The molecule has 2 aromatic rings. The molecule has 0 saturated heterocycles. The molecule has 0 radical (unpaired) electrons. The molecule has 1 amide bonds. The minimum atomic E-state index is -0.772. The van der Waals surface area contributed by atoms with Gasteiger partial charge < -0.3 is 10.4 Å². The van der Waals surface area contributed by atoms with Crippen LogP contribution in [0.25, 0.3) is 0 Å². The number of hydrogen-bond acceptors (Lipinski definition) is 2. The van der Waals surface area contributed by atoms with E-state index in [9.17, 15) is 9.59 Å². The van der Waals surface area contributed by atoms with Crippen molar-refractivity contribution >= 4 is 17.6 Å². The van der Waals surface area contributed by atoms with Crippen molar-refractivity contribution < 1.29 is 14.7 Å². The first-order chi connectivity index (χ1) is 12.4. The van der Waals surface area contributed by atoms with Crippen LogP contribution in [0.4, 0.5) is 5.69 Å². The Morgan fingerprint density at radius 2 is 1.50 bits per heavy atom. The largest absolute Gasteiger partial charge is 0.481 e. The number of benzene rings is 2. The van der Waals surface area contributed by atoms with E-state index in [1.807, 2.05) is 36.4 Å². The molecular formula is C22H27NO3. The number of carbonyl (C=O) groups is 2. The lowest BCUT2D eigenvalue weighted by atomic mass is 10.0. The maximum absolute atomic E-state index is 12.2. The van der Waals surface area contributed by atoms with Crippen LogP contribution in [0.3, 0.4) is 0 Å². The monoisotopic (exact) mass is 353 g/mol. The number of hydrogen-bond donors (Lipinski definition) is 2. The fourth-order valence-electron chi connectivity index (χ4n) is 2.85. The number of carbonyl (C=O) groups excluding carboxylic acids is 1. The average molecular weight is 353 g/mol. The SMILES string of the molecule is CC(C)Cc1ccc(CC(=O)Nc2ccc(CCCC(=O)O)cc2)cc1. The number of rotatable bonds is 9. The normalized spacial score (nSPS) is 10.7. The Morgan fingerprint density at radius 1 is 0.923 bits per heavy atom. The van der Waals surface area contributed by atoms with Crippen LogP contribution in [0.1, 0.15) is 43.4 Å². The summed E-state index contributed by atoms with van der Waals surface area (Å²) in [7, 11) is 0. The Bertz CT molecular complexity index is 718. The van der Waals surface area contributed by atoms with E-state index in [1.54, 1.807) is 0 Å². The summed E-state index contributed by atoms with van der Waals surface area (Å²) in [5.74, 6) is -0.192. The summed E-state index contributed by atoms with van der Waals surface area (Å²) in [6, 6.07) is 15.8. The zero-order chi connectivity index (χ0) is 18.9. The highest BCUT2D eigenvalue weighted by Crippen LogP contribution is 2.14. The number of carboxylic acid groups (broad SMARTS) is 1. The van der Waals surface area contributed by atoms with Crippen LogP contribution < -0.4 is 5.32 Å². The van der Waals surface area contributed by atoms with Gasteiger partial charge in [0.2, 0.25) is 5.91 Å². The standard InChI is InChI=1S/C22H27NO3/c1-16(2)14-18-6-8-19(9-7-18)15-21(24)23-20-12-10-17(11-13-20)4-3-5-22(25)26/h6-13,16H,3-5,14-15H2,1-2H3,(H,23,24)(H,25,26). The molecule has 0 bridgehead atoms. The molecular weight excluding hydrogens is 326 g/mol. The van der Waals surface area contributed by atoms with Crippen LogP contribution in [0.5, 0.6) is 0 Å². The maximum atomic E-state index is 12.2. The van der Waals surface area contributed by atoms with Gasteiger partial charge in [0.1, 0.15) is 0 Å². The summed E-state index contributed by atoms with van der Waals surface area (Å²) in [5, 5.41) is 11.6. The number of aryl methyl sites for hydroxylation is 1. The van der Waals surface area contributed by atoms with Crippen molar-refractivity contribution in [2.45, 2.75) is 46.0 Å². The molecule has 2 aromatic carbocycles. The first-order valence-electron chi connectivity index (χ1n) is 9.11. The summed E-state index contributed by atoms with van der Waals surface area (Å²) in [6.07, 6.45) is 2.92. The van der Waals surface area contributed by atoms with Crippen molar-refractivity contribution in [1.82, 2.24) is 0 Å². The van der Waals surface area contributed by atoms with E-state index in [0.29, 0.717) is 18.8 Å². The molecule has 0 spiro atoms. The summed E-state index contributed by atoms with van der Waals surface area (Å²) < 4.78 is 0. The van der Waals surface area contributed by atoms with Crippen LogP contribution in [0.2, 0.25) is 0 Å². The highest BCUT2D eigenvalue weighted by atomic mass is 16.4. The molecule has 0 heterocycles. The van der Waals surface area contributed by atoms with Crippen molar-refractivity contribution in [1.29, 1.82) is 0 Å². The molecule has 0 aromatic heterocycles. The minimum absolute atomic E-state index is 0.0414. The third-order valence-corrected chi connectivity index (χ3v) is 4.13. The summed E-state index contributed by atoms with van der Waals surface area (Å²) in [5.41, 5.74) is 4.13. The van der Waals surface area contributed by atoms with Crippen molar-refractivity contribution in [2.75, 3.05) is 5.32 Å².